The molecule has 5 heteroatoms. The first-order valence-corrected chi connectivity index (χ1v) is 3.75. The van der Waals surface area contributed by atoms with Crippen molar-refractivity contribution in [3.63, 3.8) is 0 Å². The molecule has 1 heterocycles. The van der Waals surface area contributed by atoms with Crippen molar-refractivity contribution in [3.8, 4) is 0 Å². The van der Waals surface area contributed by atoms with Crippen molar-refractivity contribution >= 4 is 5.97 Å². The first-order chi connectivity index (χ1) is 6.24. The van der Waals surface area contributed by atoms with E-state index in [1.807, 2.05) is 0 Å². The van der Waals surface area contributed by atoms with E-state index in [4.69, 9.17) is 0 Å². The molecule has 1 aromatic rings. The zero-order valence-electron chi connectivity index (χ0n) is 7.17. The standard InChI is InChI=1S/C8H10N2O3/c1-13-8(12)7(11)4-6-5-9-2-3-10-6/h2-3,5,7,11H,4H2,1H3. The zero-order valence-corrected chi connectivity index (χ0v) is 7.17. The third-order valence-electron chi connectivity index (χ3n) is 1.49. The Labute approximate surface area is 75.4 Å². The quantitative estimate of drug-likeness (QED) is 0.641. The predicted molar refractivity (Wildman–Crippen MR) is 43.8 cm³/mol. The van der Waals surface area contributed by atoms with Gasteiger partial charge in [-0.05, 0) is 0 Å². The number of rotatable bonds is 3. The molecule has 0 radical (unpaired) electrons. The topological polar surface area (TPSA) is 72.3 Å². The molecule has 13 heavy (non-hydrogen) atoms. The second-order valence-corrected chi connectivity index (χ2v) is 2.44. The Bertz CT molecular complexity index is 276. The van der Waals surface area contributed by atoms with Crippen LogP contribution in [0.15, 0.2) is 18.6 Å². The summed E-state index contributed by atoms with van der Waals surface area (Å²) >= 11 is 0. The van der Waals surface area contributed by atoms with E-state index in [0.29, 0.717) is 5.69 Å². The third-order valence-corrected chi connectivity index (χ3v) is 1.49. The molecule has 1 aromatic heterocycles. The van der Waals surface area contributed by atoms with Gasteiger partial charge in [0.25, 0.3) is 0 Å². The Hall–Kier alpha value is -1.49. The van der Waals surface area contributed by atoms with Crippen LogP contribution in [0.2, 0.25) is 0 Å². The van der Waals surface area contributed by atoms with Crippen LogP contribution in [0.4, 0.5) is 0 Å². The molecule has 0 saturated heterocycles. The van der Waals surface area contributed by atoms with Gasteiger partial charge in [-0.15, -0.1) is 0 Å². The van der Waals surface area contributed by atoms with Gasteiger partial charge in [-0.3, -0.25) is 9.97 Å². The maximum absolute atomic E-state index is 10.8. The SMILES string of the molecule is COC(=O)C(O)Cc1cnccn1. The third kappa shape index (κ3) is 2.79. The van der Waals surface area contributed by atoms with Crippen LogP contribution in [0, 0.1) is 0 Å². The molecule has 1 unspecified atom stereocenters. The summed E-state index contributed by atoms with van der Waals surface area (Å²) in [5.74, 6) is -0.661. The Morgan fingerprint density at radius 1 is 1.69 bits per heavy atom. The second-order valence-electron chi connectivity index (χ2n) is 2.44. The number of methoxy groups -OCH3 is 1. The highest BCUT2D eigenvalue weighted by molar-refractivity contribution is 5.74. The van der Waals surface area contributed by atoms with Gasteiger partial charge < -0.3 is 9.84 Å². The molecule has 0 spiro atoms. The Morgan fingerprint density at radius 2 is 2.46 bits per heavy atom. The van der Waals surface area contributed by atoms with Gasteiger partial charge in [0, 0.05) is 25.0 Å². The Kier molecular flexibility index (Phi) is 3.33. The maximum Gasteiger partial charge on any atom is 0.335 e. The molecule has 0 aliphatic heterocycles. The van der Waals surface area contributed by atoms with E-state index < -0.39 is 12.1 Å². The van der Waals surface area contributed by atoms with Gasteiger partial charge in [0.1, 0.15) is 0 Å². The number of hydrogen-bond acceptors (Lipinski definition) is 5. The molecule has 0 saturated carbocycles. The van der Waals surface area contributed by atoms with Gasteiger partial charge in [-0.25, -0.2) is 4.79 Å². The molecular formula is C8H10N2O3. The van der Waals surface area contributed by atoms with Gasteiger partial charge in [-0.2, -0.15) is 0 Å². The fourth-order valence-corrected chi connectivity index (χ4v) is 0.853. The number of aromatic nitrogens is 2. The lowest BCUT2D eigenvalue weighted by Gasteiger charge is -2.06. The van der Waals surface area contributed by atoms with Crippen LogP contribution < -0.4 is 0 Å². The van der Waals surface area contributed by atoms with Crippen molar-refractivity contribution in [1.82, 2.24) is 9.97 Å². The number of aliphatic hydroxyl groups excluding tert-OH is 1. The van der Waals surface area contributed by atoms with Crippen LogP contribution in [0.25, 0.3) is 0 Å². The lowest BCUT2D eigenvalue weighted by Crippen LogP contribution is -2.24. The average molecular weight is 182 g/mol. The van der Waals surface area contributed by atoms with Crippen molar-refractivity contribution in [1.29, 1.82) is 0 Å². The van der Waals surface area contributed by atoms with Crippen LogP contribution in [-0.4, -0.2) is 34.3 Å². The van der Waals surface area contributed by atoms with E-state index >= 15 is 0 Å². The number of aliphatic hydroxyl groups is 1. The van der Waals surface area contributed by atoms with Crippen molar-refractivity contribution in [2.45, 2.75) is 12.5 Å². The van der Waals surface area contributed by atoms with Crippen LogP contribution in [0.1, 0.15) is 5.69 Å². The molecule has 0 fully saturated rings. The minimum Gasteiger partial charge on any atom is -0.467 e. The fraction of sp³-hybridized carbons (Fsp3) is 0.375. The molecule has 5 nitrogen and oxygen atoms in total. The van der Waals surface area contributed by atoms with E-state index in [-0.39, 0.29) is 6.42 Å². The van der Waals surface area contributed by atoms with E-state index in [1.165, 1.54) is 25.7 Å². The molecule has 0 bridgehead atoms. The highest BCUT2D eigenvalue weighted by atomic mass is 16.5. The fourth-order valence-electron chi connectivity index (χ4n) is 0.853. The lowest BCUT2D eigenvalue weighted by atomic mass is 10.2. The number of ether oxygens (including phenoxy) is 1. The van der Waals surface area contributed by atoms with E-state index in [9.17, 15) is 9.90 Å². The highest BCUT2D eigenvalue weighted by Crippen LogP contribution is 1.98. The molecule has 0 amide bonds. The van der Waals surface area contributed by atoms with Gasteiger partial charge in [0.05, 0.1) is 12.8 Å². The van der Waals surface area contributed by atoms with Gasteiger partial charge in [0.2, 0.25) is 0 Å². The lowest BCUT2D eigenvalue weighted by molar-refractivity contribution is -0.150. The summed E-state index contributed by atoms with van der Waals surface area (Å²) in [5, 5.41) is 9.23. The van der Waals surface area contributed by atoms with Crippen molar-refractivity contribution in [2.24, 2.45) is 0 Å². The molecular weight excluding hydrogens is 172 g/mol. The van der Waals surface area contributed by atoms with Crippen molar-refractivity contribution in [2.75, 3.05) is 7.11 Å². The first-order valence-electron chi connectivity index (χ1n) is 3.75. The van der Waals surface area contributed by atoms with Crippen LogP contribution in [0.5, 0.6) is 0 Å². The van der Waals surface area contributed by atoms with E-state index in [0.717, 1.165) is 0 Å². The summed E-state index contributed by atoms with van der Waals surface area (Å²) in [7, 11) is 1.22. The Balaban J connectivity index is 2.55. The van der Waals surface area contributed by atoms with Crippen LogP contribution in [-0.2, 0) is 16.0 Å². The second kappa shape index (κ2) is 4.51. The molecule has 1 N–H and O–H groups in total. The first kappa shape index (κ1) is 9.60. The van der Waals surface area contributed by atoms with Crippen LogP contribution >= 0.6 is 0 Å². The summed E-state index contributed by atoms with van der Waals surface area (Å²) < 4.78 is 4.35. The highest BCUT2D eigenvalue weighted by Gasteiger charge is 2.16. The van der Waals surface area contributed by atoms with E-state index in [1.54, 1.807) is 0 Å². The minimum atomic E-state index is -1.17. The molecule has 0 aromatic carbocycles. The largest absolute Gasteiger partial charge is 0.467 e. The van der Waals surface area contributed by atoms with E-state index in [2.05, 4.69) is 14.7 Å². The molecule has 1 rings (SSSR count). The maximum atomic E-state index is 10.8. The average Bonchev–Trinajstić information content (AvgIpc) is 2.18. The van der Waals surface area contributed by atoms with Gasteiger partial charge >= 0.3 is 5.97 Å². The molecule has 0 aliphatic carbocycles. The minimum absolute atomic E-state index is 0.126. The van der Waals surface area contributed by atoms with Gasteiger partial charge in [-0.1, -0.05) is 0 Å². The number of nitrogens with zero attached hydrogens (tertiary/aromatic N) is 2. The number of carbonyl (C=O) groups is 1. The van der Waals surface area contributed by atoms with Crippen molar-refractivity contribution in [3.05, 3.63) is 24.3 Å². The van der Waals surface area contributed by atoms with Crippen molar-refractivity contribution < 1.29 is 14.6 Å². The normalized spacial score (nSPS) is 12.2. The summed E-state index contributed by atoms with van der Waals surface area (Å²) in [5.41, 5.74) is 0.556. The summed E-state index contributed by atoms with van der Waals surface area (Å²) in [6, 6.07) is 0. The zero-order chi connectivity index (χ0) is 9.68. The predicted octanol–water partition coefficient (Wildman–Crippen LogP) is -0.447. The van der Waals surface area contributed by atoms with Crippen LogP contribution in [0.3, 0.4) is 0 Å². The summed E-state index contributed by atoms with van der Waals surface area (Å²) in [4.78, 5) is 18.5. The summed E-state index contributed by atoms with van der Waals surface area (Å²) in [6.07, 6.45) is 3.47. The molecule has 0 aliphatic rings. The molecule has 70 valence electrons. The van der Waals surface area contributed by atoms with Gasteiger partial charge in [0.15, 0.2) is 6.10 Å². The Morgan fingerprint density at radius 3 is 3.00 bits per heavy atom. The number of carbonyl (C=O) groups excluding carboxylic acids is 1. The summed E-state index contributed by atoms with van der Waals surface area (Å²) in [6.45, 7) is 0. The monoisotopic (exact) mass is 182 g/mol. The smallest absolute Gasteiger partial charge is 0.335 e. The molecule has 1 atom stereocenters. The number of hydrogen-bond donors (Lipinski definition) is 1. The number of esters is 1.